The van der Waals surface area contributed by atoms with Gasteiger partial charge in [-0.15, -0.1) is 35.6 Å². The topological polar surface area (TPSA) is 226 Å². The van der Waals surface area contributed by atoms with Gasteiger partial charge in [-0.1, -0.05) is 79.3 Å². The SMILES string of the molecule is C.C.C1CCNCC1.CO.Cl.ClCCl.Nc1cc(Cl)ccc1N1CCCCC1.O=C(Cl)c1ccncc1.O=C(Nc1cc(Cl)ccc1N1CCCCC1)c1ccncc1.O=[N+]([O-])c1cc(Cl)ccc1Cl.O=[N+]([O-])c1cc(Cl)ccc1N1CCCCC1. The first-order chi connectivity index (χ1) is 40.0. The molecular formula is C60H79Cl9N10O7. The molecular weight excluding hydrogens is 1290 g/mol. The Bertz CT molecular complexity index is 2860. The highest BCUT2D eigenvalue weighted by atomic mass is 35.5. The standard InChI is InChI=1S/C17H18ClN3O.C11H13ClN2O2.C11H15ClN2.C6H3Cl2NO2.C6H4ClNO.C5H11N.CH2Cl2.CH4O.2CH4.ClH/c18-14-4-5-16(21-10-2-1-3-11-21)15(12-14)20-17(22)13-6-8-19-9-7-13;12-9-4-5-10(11(8-9)14(15)16)13-6-2-1-3-7-13;12-9-4-5-11(10(13)8-9)14-6-2-1-3-7-14;7-4-1-2-5(8)6(3-4)9(10)11;7-6(9)5-1-3-8-4-2-5;1-2-4-6-5-3-1;2-1-3;1-2;;;/h4-9,12H,1-3,10-11H2,(H,20,22);4-5,8H,1-3,6-7H2;4-5,8H,1-3,6-7,13H2;1-3H;1-4H;6H,1-5H2;1H2;2H,1H3;2*1H4;1H. The quantitative estimate of drug-likeness (QED) is 0.0366. The predicted octanol–water partition coefficient (Wildman–Crippen LogP) is 18.0. The van der Waals surface area contributed by atoms with Gasteiger partial charge in [-0.25, -0.2) is 0 Å². The molecule has 17 nitrogen and oxygen atoms in total. The fraction of sp³-hybridized carbons (Fsp3) is 0.400. The lowest BCUT2D eigenvalue weighted by Crippen LogP contribution is -2.30. The van der Waals surface area contributed by atoms with Crippen LogP contribution in [-0.2, 0) is 0 Å². The zero-order chi connectivity index (χ0) is 60.9. The molecule has 474 valence electrons. The van der Waals surface area contributed by atoms with Crippen LogP contribution in [0.3, 0.4) is 0 Å². The molecule has 0 unspecified atom stereocenters. The third kappa shape index (κ3) is 30.7. The van der Waals surface area contributed by atoms with Crippen LogP contribution >= 0.6 is 105 Å². The molecule has 4 saturated heterocycles. The first kappa shape index (κ1) is 80.8. The van der Waals surface area contributed by atoms with Crippen LogP contribution in [-0.4, -0.2) is 101 Å². The lowest BCUT2D eigenvalue weighted by atomic mass is 10.1. The molecule has 4 fully saturated rings. The van der Waals surface area contributed by atoms with E-state index in [1.165, 1.54) is 114 Å². The van der Waals surface area contributed by atoms with Crippen LogP contribution in [0.4, 0.5) is 39.8 Å². The Kier molecular flexibility index (Phi) is 44.1. The summed E-state index contributed by atoms with van der Waals surface area (Å²) in [7, 11) is 1.00. The van der Waals surface area contributed by atoms with Crippen molar-refractivity contribution >= 4 is 156 Å². The van der Waals surface area contributed by atoms with Gasteiger partial charge in [0.2, 0.25) is 0 Å². The summed E-state index contributed by atoms with van der Waals surface area (Å²) in [6.45, 7) is 8.54. The molecule has 5 N–H and O–H groups in total. The van der Waals surface area contributed by atoms with E-state index in [0.717, 1.165) is 82.0 Å². The summed E-state index contributed by atoms with van der Waals surface area (Å²) in [5.74, 6) is -0.150. The molecule has 0 atom stereocenters. The van der Waals surface area contributed by atoms with Gasteiger partial charge in [0.15, 0.2) is 0 Å². The number of halogens is 9. The second kappa shape index (κ2) is 46.9. The summed E-state index contributed by atoms with van der Waals surface area (Å²) < 4.78 is 0. The van der Waals surface area contributed by atoms with Crippen molar-refractivity contribution in [3.63, 3.8) is 0 Å². The molecule has 1 amide bonds. The molecule has 26 heteroatoms. The van der Waals surface area contributed by atoms with Gasteiger partial charge >= 0.3 is 0 Å². The summed E-state index contributed by atoms with van der Waals surface area (Å²) in [5, 5.41) is 36.3. The second-order valence-electron chi connectivity index (χ2n) is 18.4. The largest absolute Gasteiger partial charge is 0.400 e. The fourth-order valence-corrected chi connectivity index (χ4v) is 9.62. The van der Waals surface area contributed by atoms with Crippen LogP contribution in [0.5, 0.6) is 0 Å². The fourth-order valence-electron chi connectivity index (χ4n) is 8.62. The average Bonchev–Trinajstić information content (AvgIpc) is 3.48. The Balaban J connectivity index is 0.00000102. The van der Waals surface area contributed by atoms with E-state index in [1.54, 1.807) is 48.8 Å². The van der Waals surface area contributed by atoms with E-state index in [1.807, 2.05) is 36.4 Å². The number of hydrogen-bond acceptors (Lipinski definition) is 14. The van der Waals surface area contributed by atoms with Gasteiger partial charge in [-0.2, -0.15) is 0 Å². The zero-order valence-electron chi connectivity index (χ0n) is 46.4. The van der Waals surface area contributed by atoms with Gasteiger partial charge in [0, 0.05) is 115 Å². The number of piperidine rings is 4. The molecule has 6 heterocycles. The van der Waals surface area contributed by atoms with Gasteiger partial charge in [-0.3, -0.25) is 39.8 Å². The summed E-state index contributed by atoms with van der Waals surface area (Å²) in [4.78, 5) is 57.3. The molecule has 0 bridgehead atoms. The predicted molar refractivity (Wildman–Crippen MR) is 365 cm³/mol. The molecule has 6 aromatic rings. The summed E-state index contributed by atoms with van der Waals surface area (Å²) >= 11 is 43.4. The number of nitrogens with two attached hydrogens (primary N) is 1. The van der Waals surface area contributed by atoms with Gasteiger partial charge < -0.3 is 36.2 Å². The average molecular weight is 1370 g/mol. The van der Waals surface area contributed by atoms with E-state index in [2.05, 4.69) is 35.3 Å². The first-order valence-corrected chi connectivity index (χ1v) is 30.1. The maximum Gasteiger partial charge on any atom is 0.294 e. The lowest BCUT2D eigenvalue weighted by Gasteiger charge is -2.30. The molecule has 86 heavy (non-hydrogen) atoms. The van der Waals surface area contributed by atoms with Gasteiger partial charge in [0.25, 0.3) is 22.5 Å². The number of aliphatic hydroxyl groups is 1. The molecule has 0 spiro atoms. The minimum atomic E-state index is -0.575. The van der Waals surface area contributed by atoms with Crippen molar-refractivity contribution in [1.82, 2.24) is 15.3 Å². The monoisotopic (exact) mass is 1370 g/mol. The summed E-state index contributed by atoms with van der Waals surface area (Å²) in [5.41, 5.74) is 11.3. The normalized spacial score (nSPS) is 13.7. The number of carbonyl (C=O) groups excluding carboxylic acids is 2. The highest BCUT2D eigenvalue weighted by Crippen LogP contribution is 2.34. The number of aliphatic hydroxyl groups excluding tert-OH is 1. The number of anilines is 5. The number of hydrogen-bond donors (Lipinski definition) is 4. The number of alkyl halides is 2. The number of nitrogen functional groups attached to an aromatic ring is 1. The number of pyridine rings is 2. The molecule has 4 aliphatic rings. The van der Waals surface area contributed by atoms with Crippen molar-refractivity contribution in [3.8, 4) is 0 Å². The van der Waals surface area contributed by atoms with Crippen molar-refractivity contribution in [2.24, 2.45) is 0 Å². The van der Waals surface area contributed by atoms with E-state index in [9.17, 15) is 29.8 Å². The Morgan fingerprint density at radius 2 is 0.907 bits per heavy atom. The maximum atomic E-state index is 12.4. The molecule has 2 aromatic heterocycles. The number of nitrogens with one attached hydrogen (secondary N) is 2. The second-order valence-corrected chi connectivity index (χ2v) is 21.7. The minimum absolute atomic E-state index is 0. The summed E-state index contributed by atoms with van der Waals surface area (Å²) in [6, 6.07) is 26.9. The van der Waals surface area contributed by atoms with E-state index in [-0.39, 0.29) is 59.8 Å². The van der Waals surface area contributed by atoms with Crippen LogP contribution in [0, 0.1) is 20.2 Å². The number of aromatic nitrogens is 2. The number of nitrogens with zero attached hydrogens (tertiary/aromatic N) is 7. The van der Waals surface area contributed by atoms with E-state index in [0.29, 0.717) is 36.9 Å². The van der Waals surface area contributed by atoms with Gasteiger partial charge in [0.1, 0.15) is 10.7 Å². The number of benzene rings is 4. The first-order valence-electron chi connectivity index (χ1n) is 26.7. The third-order valence-corrected chi connectivity index (χ3v) is 14.1. The highest BCUT2D eigenvalue weighted by molar-refractivity contribution is 6.67. The molecule has 4 aliphatic heterocycles. The number of amides is 1. The van der Waals surface area contributed by atoms with Crippen molar-refractivity contribution in [2.45, 2.75) is 91.9 Å². The minimum Gasteiger partial charge on any atom is -0.400 e. The van der Waals surface area contributed by atoms with Crippen LogP contribution < -0.4 is 31.1 Å². The van der Waals surface area contributed by atoms with Crippen molar-refractivity contribution < 1.29 is 24.5 Å². The smallest absolute Gasteiger partial charge is 0.294 e. The Morgan fingerprint density at radius 3 is 1.29 bits per heavy atom. The number of nitro benzene ring substituents is 2. The van der Waals surface area contributed by atoms with Crippen molar-refractivity contribution in [2.75, 3.05) is 90.6 Å². The van der Waals surface area contributed by atoms with Crippen LogP contribution in [0.15, 0.2) is 122 Å². The number of rotatable bonds is 8. The molecule has 0 aliphatic carbocycles. The molecule has 4 aromatic carbocycles. The molecule has 0 radical (unpaired) electrons. The summed E-state index contributed by atoms with van der Waals surface area (Å²) in [6.07, 6.45) is 21.4. The Morgan fingerprint density at radius 1 is 0.547 bits per heavy atom. The van der Waals surface area contributed by atoms with Crippen molar-refractivity contribution in [1.29, 1.82) is 0 Å². The number of carbonyl (C=O) groups is 2. The third-order valence-electron chi connectivity index (χ3n) is 12.6. The Hall–Kier alpha value is -5.15. The van der Waals surface area contributed by atoms with E-state index >= 15 is 0 Å². The van der Waals surface area contributed by atoms with Crippen LogP contribution in [0.2, 0.25) is 25.1 Å². The van der Waals surface area contributed by atoms with E-state index in [4.69, 9.17) is 104 Å². The Labute approximate surface area is 552 Å². The van der Waals surface area contributed by atoms with Gasteiger partial charge in [0.05, 0.1) is 37.9 Å². The van der Waals surface area contributed by atoms with Crippen LogP contribution in [0.25, 0.3) is 0 Å². The lowest BCUT2D eigenvalue weighted by molar-refractivity contribution is -0.384. The highest BCUT2D eigenvalue weighted by Gasteiger charge is 2.22. The van der Waals surface area contributed by atoms with E-state index < -0.39 is 10.2 Å². The zero-order valence-corrected chi connectivity index (χ0v) is 53.3. The number of nitro groups is 2. The van der Waals surface area contributed by atoms with Gasteiger partial charge in [-0.05, 0) is 180 Å². The molecule has 10 rings (SSSR count). The molecule has 0 saturated carbocycles. The maximum absolute atomic E-state index is 12.4. The van der Waals surface area contributed by atoms with Crippen LogP contribution in [0.1, 0.15) is 113 Å². The van der Waals surface area contributed by atoms with Crippen molar-refractivity contribution in [3.05, 3.63) is 178 Å².